The predicted molar refractivity (Wildman–Crippen MR) is 71.6 cm³/mol. The maximum atomic E-state index is 6.06. The highest BCUT2D eigenvalue weighted by atomic mass is 79.9. The van der Waals surface area contributed by atoms with Crippen molar-refractivity contribution in [1.82, 2.24) is 0 Å². The lowest BCUT2D eigenvalue weighted by Crippen LogP contribution is -2.34. The lowest BCUT2D eigenvalue weighted by Gasteiger charge is -2.32. The molecule has 0 saturated heterocycles. The molecule has 2 heteroatoms. The average Bonchev–Trinajstić information content (AvgIpc) is 2.15. The summed E-state index contributed by atoms with van der Waals surface area (Å²) >= 11 is 3.60. The molecule has 0 spiro atoms. The molecule has 0 N–H and O–H groups in total. The molecule has 0 amide bonds. The van der Waals surface area contributed by atoms with E-state index in [1.165, 1.54) is 11.1 Å². The number of ether oxygens (including phenoxy) is 1. The summed E-state index contributed by atoms with van der Waals surface area (Å²) in [5.41, 5.74) is 2.60. The van der Waals surface area contributed by atoms with Gasteiger partial charge in [0, 0.05) is 4.83 Å². The highest BCUT2D eigenvalue weighted by molar-refractivity contribution is 9.09. The first-order valence-corrected chi connectivity index (χ1v) is 6.89. The highest BCUT2D eigenvalue weighted by Crippen LogP contribution is 2.34. The zero-order valence-electron chi connectivity index (χ0n) is 10.2. The number of halogens is 1. The van der Waals surface area contributed by atoms with Crippen LogP contribution in [0.25, 0.3) is 0 Å². The molecule has 0 unspecified atom stereocenters. The lowest BCUT2D eigenvalue weighted by molar-refractivity contribution is 0.126. The average molecular weight is 283 g/mol. The first-order valence-electron chi connectivity index (χ1n) is 5.97. The van der Waals surface area contributed by atoms with Gasteiger partial charge in [0.2, 0.25) is 0 Å². The van der Waals surface area contributed by atoms with E-state index in [1.807, 2.05) is 0 Å². The van der Waals surface area contributed by atoms with Gasteiger partial charge in [-0.1, -0.05) is 41.9 Å². The smallest absolute Gasteiger partial charge is 0.123 e. The summed E-state index contributed by atoms with van der Waals surface area (Å²) in [5.74, 6) is 1.61. The highest BCUT2D eigenvalue weighted by Gasteiger charge is 2.29. The minimum Gasteiger partial charge on any atom is -0.490 e. The van der Waals surface area contributed by atoms with Gasteiger partial charge in [-0.2, -0.15) is 0 Å². The number of alkyl halides is 1. The van der Waals surface area contributed by atoms with Crippen molar-refractivity contribution in [3.05, 3.63) is 29.3 Å². The number of hydrogen-bond donors (Lipinski definition) is 0. The largest absolute Gasteiger partial charge is 0.490 e. The summed E-state index contributed by atoms with van der Waals surface area (Å²) in [6, 6.07) is 6.52. The van der Waals surface area contributed by atoms with E-state index in [1.54, 1.807) is 0 Å². The molecule has 1 aromatic carbocycles. The fourth-order valence-corrected chi connectivity index (χ4v) is 2.83. The summed E-state index contributed by atoms with van der Waals surface area (Å²) in [4.78, 5) is 0.657. The number of rotatable bonds is 3. The van der Waals surface area contributed by atoms with Crippen LogP contribution in [0.1, 0.15) is 43.7 Å². The van der Waals surface area contributed by atoms with Crippen LogP contribution in [-0.4, -0.2) is 10.9 Å². The molecule has 2 rings (SSSR count). The van der Waals surface area contributed by atoms with Crippen LogP contribution in [0.2, 0.25) is 0 Å². The van der Waals surface area contributed by atoms with Crippen LogP contribution in [0.4, 0.5) is 0 Å². The normalized spacial score (nSPS) is 24.3. The van der Waals surface area contributed by atoms with Crippen molar-refractivity contribution in [2.24, 2.45) is 0 Å². The van der Waals surface area contributed by atoms with Crippen molar-refractivity contribution in [3.63, 3.8) is 0 Å². The van der Waals surface area contributed by atoms with Crippen LogP contribution in [0.15, 0.2) is 18.2 Å². The van der Waals surface area contributed by atoms with E-state index in [9.17, 15) is 0 Å². The minimum absolute atomic E-state index is 0.406. The molecule has 88 valence electrons. The molecule has 0 aliphatic heterocycles. The lowest BCUT2D eigenvalue weighted by atomic mass is 9.95. The molecular weight excluding hydrogens is 264 g/mol. The summed E-state index contributed by atoms with van der Waals surface area (Å²) in [7, 11) is 0. The summed E-state index contributed by atoms with van der Waals surface area (Å²) in [6.07, 6.45) is 2.67. The van der Waals surface area contributed by atoms with E-state index < -0.39 is 0 Å². The maximum absolute atomic E-state index is 6.06. The van der Waals surface area contributed by atoms with Gasteiger partial charge in [-0.25, -0.2) is 0 Å². The Morgan fingerprint density at radius 3 is 2.56 bits per heavy atom. The fraction of sp³-hybridized carbons (Fsp3) is 0.571. The standard InChI is InChI=1S/C14H19BrO/c1-9(2)13-5-4-10(3)6-14(13)16-12-7-11(15)8-12/h4-6,9,11-12H,7-8H2,1-3H3. The van der Waals surface area contributed by atoms with Gasteiger partial charge in [0.25, 0.3) is 0 Å². The van der Waals surface area contributed by atoms with Crippen molar-refractivity contribution in [2.75, 3.05) is 0 Å². The van der Waals surface area contributed by atoms with Crippen LogP contribution in [-0.2, 0) is 0 Å². The zero-order chi connectivity index (χ0) is 11.7. The first kappa shape index (κ1) is 12.0. The van der Waals surface area contributed by atoms with Crippen LogP contribution in [0.5, 0.6) is 5.75 Å². The van der Waals surface area contributed by atoms with Crippen molar-refractivity contribution in [2.45, 2.75) is 50.5 Å². The molecule has 0 heterocycles. The predicted octanol–water partition coefficient (Wildman–Crippen LogP) is 4.42. The maximum Gasteiger partial charge on any atom is 0.123 e. The van der Waals surface area contributed by atoms with Gasteiger partial charge < -0.3 is 4.74 Å². The molecule has 0 radical (unpaired) electrons. The van der Waals surface area contributed by atoms with Crippen LogP contribution < -0.4 is 4.74 Å². The summed E-state index contributed by atoms with van der Waals surface area (Å²) in [5, 5.41) is 0. The number of benzene rings is 1. The van der Waals surface area contributed by atoms with Crippen LogP contribution in [0, 0.1) is 6.92 Å². The number of hydrogen-bond acceptors (Lipinski definition) is 1. The van der Waals surface area contributed by atoms with E-state index >= 15 is 0 Å². The Bertz CT molecular complexity index is 367. The zero-order valence-corrected chi connectivity index (χ0v) is 11.8. The molecule has 0 aromatic heterocycles. The van der Waals surface area contributed by atoms with E-state index in [-0.39, 0.29) is 0 Å². The van der Waals surface area contributed by atoms with Gasteiger partial charge in [-0.05, 0) is 42.9 Å². The number of aryl methyl sites for hydroxylation is 1. The Labute approximate surface area is 106 Å². The second-order valence-electron chi connectivity index (χ2n) is 5.00. The molecule has 0 atom stereocenters. The second-order valence-corrected chi connectivity index (χ2v) is 6.30. The van der Waals surface area contributed by atoms with Crippen LogP contribution >= 0.6 is 15.9 Å². The van der Waals surface area contributed by atoms with Crippen molar-refractivity contribution in [3.8, 4) is 5.75 Å². The van der Waals surface area contributed by atoms with Gasteiger partial charge >= 0.3 is 0 Å². The third-order valence-electron chi connectivity index (χ3n) is 3.12. The van der Waals surface area contributed by atoms with Gasteiger partial charge in [0.15, 0.2) is 0 Å². The van der Waals surface area contributed by atoms with Gasteiger partial charge in [0.05, 0.1) is 0 Å². The Hall–Kier alpha value is -0.500. The van der Waals surface area contributed by atoms with Gasteiger partial charge in [-0.15, -0.1) is 0 Å². The second kappa shape index (κ2) is 4.79. The first-order chi connectivity index (χ1) is 7.56. The summed E-state index contributed by atoms with van der Waals surface area (Å²) < 4.78 is 6.06. The van der Waals surface area contributed by atoms with Crippen LogP contribution in [0.3, 0.4) is 0 Å². The van der Waals surface area contributed by atoms with Crippen molar-refractivity contribution in [1.29, 1.82) is 0 Å². The molecule has 1 nitrogen and oxygen atoms in total. The minimum atomic E-state index is 0.406. The SMILES string of the molecule is Cc1ccc(C(C)C)c(OC2CC(Br)C2)c1. The molecule has 1 aliphatic rings. The molecule has 1 aliphatic carbocycles. The van der Waals surface area contributed by atoms with Gasteiger partial charge in [0.1, 0.15) is 11.9 Å². The molecule has 1 fully saturated rings. The Kier molecular flexibility index (Phi) is 3.58. The molecule has 1 aromatic rings. The van der Waals surface area contributed by atoms with Gasteiger partial charge in [-0.3, -0.25) is 0 Å². The molecule has 0 bridgehead atoms. The Morgan fingerprint density at radius 2 is 2.00 bits per heavy atom. The molecule has 1 saturated carbocycles. The van der Waals surface area contributed by atoms with Crippen molar-refractivity contribution < 1.29 is 4.74 Å². The molecule has 16 heavy (non-hydrogen) atoms. The van der Waals surface area contributed by atoms with E-state index in [0.717, 1.165) is 18.6 Å². The molecular formula is C14H19BrO. The van der Waals surface area contributed by atoms with E-state index in [2.05, 4.69) is 54.9 Å². The fourth-order valence-electron chi connectivity index (χ4n) is 2.00. The quantitative estimate of drug-likeness (QED) is 0.746. The van der Waals surface area contributed by atoms with E-state index in [0.29, 0.717) is 16.8 Å². The van der Waals surface area contributed by atoms with E-state index in [4.69, 9.17) is 4.74 Å². The topological polar surface area (TPSA) is 9.23 Å². The monoisotopic (exact) mass is 282 g/mol. The van der Waals surface area contributed by atoms with Crippen molar-refractivity contribution >= 4 is 15.9 Å². The third kappa shape index (κ3) is 2.60. The Morgan fingerprint density at radius 1 is 1.31 bits per heavy atom. The summed E-state index contributed by atoms with van der Waals surface area (Å²) in [6.45, 7) is 6.54. The Balaban J connectivity index is 2.14. The third-order valence-corrected chi connectivity index (χ3v) is 3.87.